The van der Waals surface area contributed by atoms with Crippen molar-refractivity contribution >= 4 is 17.8 Å². The second-order valence-electron chi connectivity index (χ2n) is 25.8. The number of carboxylic acid groups (broad SMARTS) is 1. The fourth-order valence-corrected chi connectivity index (χ4v) is 12.5. The summed E-state index contributed by atoms with van der Waals surface area (Å²) in [5, 5.41) is 136. The highest BCUT2D eigenvalue weighted by Gasteiger charge is 2.60. The van der Waals surface area contributed by atoms with Crippen molar-refractivity contribution in [1.82, 2.24) is 10.6 Å². The van der Waals surface area contributed by atoms with Crippen molar-refractivity contribution in [2.24, 2.45) is 0 Å². The van der Waals surface area contributed by atoms with Crippen LogP contribution in [0.4, 0.5) is 0 Å². The molecule has 3 heterocycles. The van der Waals surface area contributed by atoms with Gasteiger partial charge in [0.2, 0.25) is 11.8 Å². The highest BCUT2D eigenvalue weighted by Crippen LogP contribution is 2.39. The molecule has 3 aliphatic heterocycles. The van der Waals surface area contributed by atoms with E-state index in [4.69, 9.17) is 28.4 Å². The third kappa shape index (κ3) is 30.3. The van der Waals surface area contributed by atoms with Crippen LogP contribution in [0, 0.1) is 0 Å². The molecule has 3 fully saturated rings. The number of aliphatic hydroxyl groups is 11. The van der Waals surface area contributed by atoms with Gasteiger partial charge in [-0.1, -0.05) is 232 Å². The number of hydrogen-bond donors (Lipinski definition) is 14. The molecule has 89 heavy (non-hydrogen) atoms. The Morgan fingerprint density at radius 2 is 0.978 bits per heavy atom. The summed E-state index contributed by atoms with van der Waals surface area (Å²) in [6, 6.07) is -2.52. The number of carboxylic acids is 1. The van der Waals surface area contributed by atoms with Crippen molar-refractivity contribution in [2.75, 3.05) is 26.4 Å². The van der Waals surface area contributed by atoms with E-state index in [1.807, 2.05) is 0 Å². The predicted molar refractivity (Wildman–Crippen MR) is 334 cm³/mol. The Kier molecular flexibility index (Phi) is 43.3. The van der Waals surface area contributed by atoms with Crippen LogP contribution in [-0.4, -0.2) is 215 Å². The van der Waals surface area contributed by atoms with Gasteiger partial charge in [-0.2, -0.15) is 0 Å². The summed E-state index contributed by atoms with van der Waals surface area (Å²) < 4.78 is 34.8. The van der Waals surface area contributed by atoms with E-state index < -0.39 is 148 Å². The standard InChI is InChI=1S/C66H124N2O21/c1-4-6-8-10-12-14-15-16-17-18-19-20-21-22-23-24-25-26-27-28-29-30-32-34-36-38-40-53(76)68-47(48(73)39-37-35-33-31-13-11-9-7-5-2)45-84-63-58(80)57(79)60(52(44-71)86-63)87-64-59(81)62(56(78)51(43-70)85-64)89-66(65(82)83)41-49(74)54(67-46(3)72)61(88-66)55(77)50(75)42-69/h47-52,54-64,69-71,73-75,77-81H,4-45H2,1-3H3,(H,67,72)(H,68,76)(H,82,83). The average molecular weight is 1280 g/mol. The molecule has 23 heteroatoms. The molecule has 0 radical (unpaired) electrons. The Balaban J connectivity index is 1.50. The van der Waals surface area contributed by atoms with Gasteiger partial charge in [0.25, 0.3) is 5.79 Å². The topological polar surface area (TPSA) is 373 Å². The Morgan fingerprint density at radius 3 is 1.40 bits per heavy atom. The van der Waals surface area contributed by atoms with Crippen LogP contribution in [0.25, 0.3) is 0 Å². The van der Waals surface area contributed by atoms with Crippen molar-refractivity contribution < 1.29 is 104 Å². The van der Waals surface area contributed by atoms with E-state index in [1.165, 1.54) is 167 Å². The van der Waals surface area contributed by atoms with Gasteiger partial charge in [0, 0.05) is 19.8 Å². The second kappa shape index (κ2) is 47.6. The molecule has 3 aliphatic rings. The zero-order valence-electron chi connectivity index (χ0n) is 54.6. The van der Waals surface area contributed by atoms with Gasteiger partial charge in [-0.15, -0.1) is 0 Å². The molecular formula is C66H124N2O21. The van der Waals surface area contributed by atoms with Crippen LogP contribution in [0.3, 0.4) is 0 Å². The van der Waals surface area contributed by atoms with Gasteiger partial charge in [-0.3, -0.25) is 9.59 Å². The zero-order valence-corrected chi connectivity index (χ0v) is 54.6. The van der Waals surface area contributed by atoms with Gasteiger partial charge < -0.3 is 100 Å². The molecule has 14 N–H and O–H groups in total. The zero-order chi connectivity index (χ0) is 65.4. The van der Waals surface area contributed by atoms with Crippen molar-refractivity contribution in [3.8, 4) is 0 Å². The second-order valence-corrected chi connectivity index (χ2v) is 25.8. The lowest BCUT2D eigenvalue weighted by atomic mass is 9.88. The van der Waals surface area contributed by atoms with Crippen LogP contribution in [0.15, 0.2) is 0 Å². The molecule has 23 nitrogen and oxygen atoms in total. The maximum Gasteiger partial charge on any atom is 0.364 e. The van der Waals surface area contributed by atoms with Gasteiger partial charge in [0.15, 0.2) is 12.6 Å². The minimum absolute atomic E-state index is 0.229. The number of aliphatic carboxylic acids is 1. The lowest BCUT2D eigenvalue weighted by Crippen LogP contribution is -2.70. The Morgan fingerprint density at radius 1 is 0.539 bits per heavy atom. The number of hydrogen-bond acceptors (Lipinski definition) is 20. The summed E-state index contributed by atoms with van der Waals surface area (Å²) in [6.07, 6.45) is 14.4. The largest absolute Gasteiger partial charge is 0.477 e. The molecule has 3 saturated heterocycles. The van der Waals surface area contributed by atoms with Crippen LogP contribution in [0.2, 0.25) is 0 Å². The number of carbonyl (C=O) groups is 3. The van der Waals surface area contributed by atoms with Crippen molar-refractivity contribution in [2.45, 2.75) is 375 Å². The molecule has 0 saturated carbocycles. The number of nitrogens with one attached hydrogen (secondary N) is 2. The fraction of sp³-hybridized carbons (Fsp3) is 0.955. The molecule has 0 bridgehead atoms. The van der Waals surface area contributed by atoms with E-state index in [1.54, 1.807) is 0 Å². The van der Waals surface area contributed by atoms with E-state index in [0.29, 0.717) is 19.3 Å². The first kappa shape index (κ1) is 81.0. The summed E-state index contributed by atoms with van der Waals surface area (Å²) in [5.74, 6) is -6.09. The highest BCUT2D eigenvalue weighted by molar-refractivity contribution is 5.77. The Bertz CT molecular complexity index is 1810. The summed E-state index contributed by atoms with van der Waals surface area (Å²) in [7, 11) is 0. The molecule has 2 amide bonds. The van der Waals surface area contributed by atoms with Crippen LogP contribution < -0.4 is 10.6 Å². The maximum atomic E-state index is 13.4. The normalized spacial score (nSPS) is 28.7. The van der Waals surface area contributed by atoms with E-state index in [0.717, 1.165) is 51.9 Å². The highest BCUT2D eigenvalue weighted by atomic mass is 16.8. The number of aliphatic hydroxyl groups excluding tert-OH is 11. The fourth-order valence-electron chi connectivity index (χ4n) is 12.5. The minimum atomic E-state index is -3.08. The number of carbonyl (C=O) groups excluding carboxylic acids is 2. The van der Waals surface area contributed by atoms with Crippen LogP contribution >= 0.6 is 0 Å². The summed E-state index contributed by atoms with van der Waals surface area (Å²) in [4.78, 5) is 38.5. The average Bonchev–Trinajstić information content (AvgIpc) is 1.35. The third-order valence-electron chi connectivity index (χ3n) is 18.1. The van der Waals surface area contributed by atoms with Crippen molar-refractivity contribution in [3.05, 3.63) is 0 Å². The molecule has 3 rings (SSSR count). The number of amides is 2. The first-order valence-electron chi connectivity index (χ1n) is 34.9. The van der Waals surface area contributed by atoms with Crippen LogP contribution in [0.1, 0.15) is 265 Å². The van der Waals surface area contributed by atoms with E-state index in [-0.39, 0.29) is 18.9 Å². The van der Waals surface area contributed by atoms with Gasteiger partial charge in [-0.05, 0) is 12.8 Å². The molecule has 0 aromatic carbocycles. The molecule has 0 spiro atoms. The van der Waals surface area contributed by atoms with Crippen molar-refractivity contribution in [1.29, 1.82) is 0 Å². The lowest BCUT2D eigenvalue weighted by Gasteiger charge is -2.50. The summed E-state index contributed by atoms with van der Waals surface area (Å²) in [6.45, 7) is 2.18. The maximum absolute atomic E-state index is 13.4. The molecule has 0 aliphatic carbocycles. The summed E-state index contributed by atoms with van der Waals surface area (Å²) >= 11 is 0. The number of rotatable bonds is 53. The van der Waals surface area contributed by atoms with Gasteiger partial charge in [0.1, 0.15) is 67.1 Å². The Hall–Kier alpha value is -2.27. The minimum Gasteiger partial charge on any atom is -0.477 e. The predicted octanol–water partition coefficient (Wildman–Crippen LogP) is 6.12. The van der Waals surface area contributed by atoms with E-state index >= 15 is 0 Å². The van der Waals surface area contributed by atoms with Crippen LogP contribution in [-0.2, 0) is 42.8 Å². The molecule has 524 valence electrons. The molecule has 0 aromatic heterocycles. The number of unbranched alkanes of at least 4 members (excludes halogenated alkanes) is 33. The first-order valence-corrected chi connectivity index (χ1v) is 34.9. The van der Waals surface area contributed by atoms with Gasteiger partial charge in [0.05, 0.1) is 50.7 Å². The van der Waals surface area contributed by atoms with Gasteiger partial charge >= 0.3 is 5.97 Å². The van der Waals surface area contributed by atoms with Crippen molar-refractivity contribution in [3.63, 3.8) is 0 Å². The van der Waals surface area contributed by atoms with Crippen LogP contribution in [0.5, 0.6) is 0 Å². The first-order chi connectivity index (χ1) is 42.9. The molecule has 18 atom stereocenters. The third-order valence-corrected chi connectivity index (χ3v) is 18.1. The quantitative estimate of drug-likeness (QED) is 0.0305. The smallest absolute Gasteiger partial charge is 0.364 e. The molecule has 0 aromatic rings. The molecule has 18 unspecified atom stereocenters. The molecular weight excluding hydrogens is 1160 g/mol. The summed E-state index contributed by atoms with van der Waals surface area (Å²) in [5.41, 5.74) is 0. The van der Waals surface area contributed by atoms with E-state index in [2.05, 4.69) is 24.5 Å². The monoisotopic (exact) mass is 1280 g/mol. The lowest BCUT2D eigenvalue weighted by molar-refractivity contribution is -0.386. The van der Waals surface area contributed by atoms with E-state index in [9.17, 15) is 75.7 Å². The number of ether oxygens (including phenoxy) is 6. The SMILES string of the molecule is CCCCCCCCCCCCCCCCCCCCCCCCCCCCC(=O)NC(COC1OC(CO)C(OC2OC(CO)C(O)C(OC3(C(=O)O)CC(O)C(NC(C)=O)C(C(O)C(O)CO)O3)C2O)C(O)C1O)C(O)CCCCCCCCCCC. The van der Waals surface area contributed by atoms with Gasteiger partial charge in [-0.25, -0.2) is 4.79 Å². The Labute approximate surface area is 531 Å².